The molecule has 0 saturated heterocycles. The van der Waals surface area contributed by atoms with Gasteiger partial charge in [-0.3, -0.25) is 14.9 Å². The second-order valence-corrected chi connectivity index (χ2v) is 4.71. The molecule has 1 aromatic heterocycles. The lowest BCUT2D eigenvalue weighted by atomic mass is 10.2. The minimum absolute atomic E-state index is 0.107. The average Bonchev–Trinajstić information content (AvgIpc) is 2.57. The van der Waals surface area contributed by atoms with Gasteiger partial charge in [0.15, 0.2) is 0 Å². The molecule has 1 heterocycles. The fraction of sp³-hybridized carbons (Fsp3) is 0. The first-order chi connectivity index (χ1) is 11.1. The van der Waals surface area contributed by atoms with Gasteiger partial charge in [0, 0.05) is 23.6 Å². The van der Waals surface area contributed by atoms with Crippen LogP contribution in [0.25, 0.3) is 10.9 Å². The predicted molar refractivity (Wildman–Crippen MR) is 82.2 cm³/mol. The molecular weight excluding hydrogens is 300 g/mol. The second kappa shape index (κ2) is 5.72. The minimum atomic E-state index is -0.779. The van der Waals surface area contributed by atoms with Crippen LogP contribution in [0.3, 0.4) is 0 Å². The highest BCUT2D eigenvalue weighted by molar-refractivity contribution is 5.90. The maximum Gasteiger partial charge on any atom is 0.363 e. The Morgan fingerprint density at radius 1 is 1.00 bits per heavy atom. The van der Waals surface area contributed by atoms with Crippen LogP contribution >= 0.6 is 0 Å². The van der Waals surface area contributed by atoms with Crippen LogP contribution in [0.2, 0.25) is 0 Å². The molecule has 0 radical (unpaired) electrons. The molecule has 0 amide bonds. The number of nitro benzene ring substituents is 1. The van der Waals surface area contributed by atoms with E-state index >= 15 is 0 Å². The van der Waals surface area contributed by atoms with E-state index in [0.29, 0.717) is 5.52 Å². The highest BCUT2D eigenvalue weighted by atomic mass is 16.7. The summed E-state index contributed by atoms with van der Waals surface area (Å²) in [6.45, 7) is 0. The van der Waals surface area contributed by atoms with Crippen LogP contribution in [-0.2, 0) is 0 Å². The monoisotopic (exact) mass is 310 g/mol. The molecule has 0 aliphatic rings. The number of fused-ring (bicyclic) bond motifs is 1. The van der Waals surface area contributed by atoms with Crippen LogP contribution in [0.15, 0.2) is 65.5 Å². The topological polar surface area (TPSA) is 91.4 Å². The Kier molecular flexibility index (Phi) is 3.60. The minimum Gasteiger partial charge on any atom is -0.327 e. The highest BCUT2D eigenvalue weighted by Crippen LogP contribution is 2.13. The van der Waals surface area contributed by atoms with Gasteiger partial charge in [-0.15, -0.1) is 4.73 Å². The fourth-order valence-corrected chi connectivity index (χ4v) is 2.11. The van der Waals surface area contributed by atoms with Gasteiger partial charge in [0.2, 0.25) is 0 Å². The summed E-state index contributed by atoms with van der Waals surface area (Å²) < 4.78 is 0.902. The van der Waals surface area contributed by atoms with Crippen LogP contribution < -0.4 is 10.4 Å². The molecule has 114 valence electrons. The van der Waals surface area contributed by atoms with E-state index in [4.69, 9.17) is 4.84 Å². The van der Waals surface area contributed by atoms with Crippen molar-refractivity contribution in [2.75, 3.05) is 0 Å². The number of rotatable bonds is 3. The van der Waals surface area contributed by atoms with E-state index in [0.717, 1.165) is 10.1 Å². The Hall–Kier alpha value is -3.48. The molecule has 0 unspecified atom stereocenters. The van der Waals surface area contributed by atoms with Crippen LogP contribution in [0.1, 0.15) is 10.4 Å². The van der Waals surface area contributed by atoms with Gasteiger partial charge in [0.1, 0.15) is 0 Å². The number of hydrogen-bond donors (Lipinski definition) is 0. The van der Waals surface area contributed by atoms with E-state index in [1.807, 2.05) is 0 Å². The van der Waals surface area contributed by atoms with Gasteiger partial charge in [0.05, 0.1) is 16.0 Å². The molecule has 0 saturated carbocycles. The molecule has 0 N–H and O–H groups in total. The zero-order chi connectivity index (χ0) is 16.4. The second-order valence-electron chi connectivity index (χ2n) is 4.71. The van der Waals surface area contributed by atoms with Gasteiger partial charge >= 0.3 is 5.97 Å². The quantitative estimate of drug-likeness (QED) is 0.546. The van der Waals surface area contributed by atoms with Crippen LogP contribution in [0.4, 0.5) is 5.69 Å². The number of benzene rings is 2. The van der Waals surface area contributed by atoms with Crippen molar-refractivity contribution in [2.45, 2.75) is 0 Å². The highest BCUT2D eigenvalue weighted by Gasteiger charge is 2.13. The van der Waals surface area contributed by atoms with Crippen molar-refractivity contribution in [3.05, 3.63) is 86.7 Å². The third-order valence-electron chi connectivity index (χ3n) is 3.25. The first kappa shape index (κ1) is 14.5. The molecule has 0 spiro atoms. The van der Waals surface area contributed by atoms with Crippen molar-refractivity contribution in [1.29, 1.82) is 0 Å². The predicted octanol–water partition coefficient (Wildman–Crippen LogP) is 2.18. The number of carbonyl (C=O) groups excluding carboxylic acids is 1. The molecule has 23 heavy (non-hydrogen) atoms. The molecule has 2 aromatic carbocycles. The zero-order valence-electron chi connectivity index (χ0n) is 11.7. The maximum absolute atomic E-state index is 12.1. The number of nitrogens with zero attached hydrogens (tertiary/aromatic N) is 2. The Bertz CT molecular complexity index is 960. The van der Waals surface area contributed by atoms with Crippen molar-refractivity contribution in [1.82, 2.24) is 4.73 Å². The number of pyridine rings is 1. The maximum atomic E-state index is 12.1. The summed E-state index contributed by atoms with van der Waals surface area (Å²) in [6.07, 6.45) is 0. The van der Waals surface area contributed by atoms with Crippen molar-refractivity contribution in [3.8, 4) is 0 Å². The number of non-ortho nitro benzene ring substituents is 1. The lowest BCUT2D eigenvalue weighted by Crippen LogP contribution is -2.30. The number of hydrogen-bond acceptors (Lipinski definition) is 5. The number of nitro groups is 1. The van der Waals surface area contributed by atoms with Crippen molar-refractivity contribution in [2.24, 2.45) is 0 Å². The van der Waals surface area contributed by atoms with Gasteiger partial charge in [0.25, 0.3) is 11.2 Å². The summed E-state index contributed by atoms with van der Waals surface area (Å²) in [5.41, 5.74) is -0.0615. The van der Waals surface area contributed by atoms with E-state index in [1.54, 1.807) is 30.3 Å². The van der Waals surface area contributed by atoms with Gasteiger partial charge in [-0.2, -0.15) is 0 Å². The zero-order valence-corrected chi connectivity index (χ0v) is 11.7. The summed E-state index contributed by atoms with van der Waals surface area (Å²) in [5.74, 6) is -0.779. The third kappa shape index (κ3) is 2.80. The van der Waals surface area contributed by atoms with Crippen molar-refractivity contribution < 1.29 is 14.6 Å². The Labute approximate surface area is 129 Å². The summed E-state index contributed by atoms with van der Waals surface area (Å²) in [6, 6.07) is 14.8. The van der Waals surface area contributed by atoms with Gasteiger partial charge < -0.3 is 4.84 Å². The van der Waals surface area contributed by atoms with Crippen molar-refractivity contribution in [3.63, 3.8) is 0 Å². The van der Waals surface area contributed by atoms with E-state index in [2.05, 4.69) is 0 Å². The molecule has 3 rings (SSSR count). The van der Waals surface area contributed by atoms with Crippen LogP contribution in [0, 0.1) is 10.1 Å². The summed E-state index contributed by atoms with van der Waals surface area (Å²) in [5, 5.41) is 11.3. The molecule has 3 aromatic rings. The Morgan fingerprint density at radius 3 is 2.39 bits per heavy atom. The molecule has 0 fully saturated rings. The lowest BCUT2D eigenvalue weighted by Gasteiger charge is -2.09. The average molecular weight is 310 g/mol. The smallest absolute Gasteiger partial charge is 0.327 e. The molecule has 0 aliphatic heterocycles. The molecule has 7 nitrogen and oxygen atoms in total. The van der Waals surface area contributed by atoms with E-state index < -0.39 is 16.5 Å². The van der Waals surface area contributed by atoms with E-state index in [-0.39, 0.29) is 11.3 Å². The Balaban J connectivity index is 1.95. The molecule has 0 bridgehead atoms. The number of aromatic nitrogens is 1. The number of para-hydroxylation sites is 1. The first-order valence-electron chi connectivity index (χ1n) is 6.64. The third-order valence-corrected chi connectivity index (χ3v) is 3.25. The Morgan fingerprint density at radius 2 is 1.70 bits per heavy atom. The summed E-state index contributed by atoms with van der Waals surface area (Å²) in [4.78, 5) is 39.3. The van der Waals surface area contributed by atoms with Crippen LogP contribution in [-0.4, -0.2) is 15.6 Å². The number of carbonyl (C=O) groups is 1. The van der Waals surface area contributed by atoms with Crippen molar-refractivity contribution >= 4 is 22.6 Å². The standard InChI is InChI=1S/C16H10N2O5/c19-15-10-7-11-3-1-2-4-14(11)17(15)23-16(20)12-5-8-13(9-6-12)18(21)22/h1-10H. The van der Waals surface area contributed by atoms with Gasteiger partial charge in [-0.05, 0) is 24.3 Å². The summed E-state index contributed by atoms with van der Waals surface area (Å²) >= 11 is 0. The molecule has 7 heteroatoms. The van der Waals surface area contributed by atoms with Gasteiger partial charge in [-0.25, -0.2) is 4.79 Å². The largest absolute Gasteiger partial charge is 0.363 e. The lowest BCUT2D eigenvalue weighted by molar-refractivity contribution is -0.384. The van der Waals surface area contributed by atoms with Gasteiger partial charge in [-0.1, -0.05) is 18.2 Å². The normalized spacial score (nSPS) is 10.4. The van der Waals surface area contributed by atoms with Crippen LogP contribution in [0.5, 0.6) is 0 Å². The molecule has 0 aliphatic carbocycles. The summed E-state index contributed by atoms with van der Waals surface area (Å²) in [7, 11) is 0. The molecule has 0 atom stereocenters. The van der Waals surface area contributed by atoms with E-state index in [9.17, 15) is 19.7 Å². The fourth-order valence-electron chi connectivity index (χ4n) is 2.11. The molecular formula is C16H10N2O5. The SMILES string of the molecule is O=C(On1c(=O)ccc2ccccc21)c1ccc([N+](=O)[O-])cc1. The first-order valence-corrected chi connectivity index (χ1v) is 6.64. The van der Waals surface area contributed by atoms with E-state index in [1.165, 1.54) is 30.3 Å².